The fourth-order valence-electron chi connectivity index (χ4n) is 6.43. The molecule has 0 aliphatic heterocycles. The van der Waals surface area contributed by atoms with Crippen LogP contribution in [0.1, 0.15) is 36.6 Å². The maximum Gasteiger partial charge on any atom is 0.0241 e. The van der Waals surface area contributed by atoms with E-state index in [9.17, 15) is 0 Å². The highest BCUT2D eigenvalue weighted by atomic mass is 31.1. The van der Waals surface area contributed by atoms with Crippen molar-refractivity contribution < 1.29 is 0 Å². The zero-order valence-electron chi connectivity index (χ0n) is 24.7. The number of hydrogen-bond donors (Lipinski definition) is 0. The molecule has 43 heavy (non-hydrogen) atoms. The molecule has 0 aromatic heterocycles. The summed E-state index contributed by atoms with van der Waals surface area (Å²) in [5.41, 5.74) is 3.18. The molecule has 6 aromatic rings. The molecule has 0 spiro atoms. The summed E-state index contributed by atoms with van der Waals surface area (Å²) in [4.78, 5) is 0. The number of benzene rings is 6. The predicted octanol–water partition coefficient (Wildman–Crippen LogP) is 9.69. The van der Waals surface area contributed by atoms with E-state index in [1.807, 2.05) is 0 Å². The Morgan fingerprint density at radius 2 is 0.791 bits per heavy atom. The summed E-state index contributed by atoms with van der Waals surface area (Å²) in [6.07, 6.45) is 2.09. The molecular formula is C41H38P2. The first-order chi connectivity index (χ1) is 21.3. The minimum absolute atomic E-state index is 0.0933. The smallest absolute Gasteiger partial charge is 0.0241 e. The molecule has 6 aromatic carbocycles. The summed E-state index contributed by atoms with van der Waals surface area (Å²) in [6, 6.07) is 67.9. The van der Waals surface area contributed by atoms with E-state index in [-0.39, 0.29) is 5.16 Å². The molecule has 6 rings (SSSR count). The van der Waals surface area contributed by atoms with Crippen molar-refractivity contribution in [3.8, 4) is 0 Å². The predicted molar refractivity (Wildman–Crippen MR) is 190 cm³/mol. The highest BCUT2D eigenvalue weighted by Crippen LogP contribution is 2.65. The Balaban J connectivity index is 1.62. The lowest BCUT2D eigenvalue weighted by Crippen LogP contribution is -2.35. The van der Waals surface area contributed by atoms with Crippen LogP contribution in [0.2, 0.25) is 0 Å². The normalized spacial score (nSPS) is 13.5. The lowest BCUT2D eigenvalue weighted by atomic mass is 9.88. The number of hydrogen-bond acceptors (Lipinski definition) is 0. The average Bonchev–Trinajstić information content (AvgIpc) is 3.10. The van der Waals surface area contributed by atoms with E-state index in [4.69, 9.17) is 0 Å². The van der Waals surface area contributed by atoms with Crippen molar-refractivity contribution in [2.45, 2.75) is 30.6 Å². The molecule has 212 valence electrons. The molecule has 0 heterocycles. The SMILES string of the molecule is CCC(CC(c1ccccc1)P(c1ccccc1)c1ccccc1)(c1ccccc1)P(c1ccccc1)c1ccccc1. The van der Waals surface area contributed by atoms with Gasteiger partial charge in [0.05, 0.1) is 0 Å². The van der Waals surface area contributed by atoms with Gasteiger partial charge in [-0.05, 0) is 61.0 Å². The monoisotopic (exact) mass is 592 g/mol. The first kappa shape index (κ1) is 29.3. The molecule has 0 bridgehead atoms. The molecule has 2 heteroatoms. The van der Waals surface area contributed by atoms with Crippen LogP contribution in [0.5, 0.6) is 0 Å². The molecule has 0 saturated carbocycles. The van der Waals surface area contributed by atoms with Crippen LogP contribution in [0, 0.1) is 0 Å². The van der Waals surface area contributed by atoms with Gasteiger partial charge in [0.1, 0.15) is 0 Å². The van der Waals surface area contributed by atoms with Gasteiger partial charge >= 0.3 is 0 Å². The van der Waals surface area contributed by atoms with Gasteiger partial charge in [-0.25, -0.2) is 0 Å². The van der Waals surface area contributed by atoms with Gasteiger partial charge in [-0.3, -0.25) is 0 Å². The fraction of sp³-hybridized carbons (Fsp3) is 0.122. The molecule has 2 atom stereocenters. The highest BCUT2D eigenvalue weighted by Gasteiger charge is 2.44. The highest BCUT2D eigenvalue weighted by molar-refractivity contribution is 7.74. The topological polar surface area (TPSA) is 0 Å². The minimum atomic E-state index is -0.750. The summed E-state index contributed by atoms with van der Waals surface area (Å²) < 4.78 is 0. The molecule has 0 fully saturated rings. The minimum Gasteiger partial charge on any atom is -0.0642 e. The zero-order valence-corrected chi connectivity index (χ0v) is 26.5. The van der Waals surface area contributed by atoms with E-state index in [0.717, 1.165) is 12.8 Å². The Labute approximate surface area is 260 Å². The van der Waals surface area contributed by atoms with Gasteiger partial charge in [0.2, 0.25) is 0 Å². The summed E-state index contributed by atoms with van der Waals surface area (Å²) in [6.45, 7) is 2.42. The molecular weight excluding hydrogens is 554 g/mol. The first-order valence-electron chi connectivity index (χ1n) is 15.2. The van der Waals surface area contributed by atoms with Gasteiger partial charge in [0.25, 0.3) is 0 Å². The fourth-order valence-corrected chi connectivity index (χ4v) is 12.9. The molecule has 0 amide bonds. The standard InChI is InChI=1S/C41H38P2/c1-2-41(35-23-11-4-12-24-35,43(38-29-17-7-18-30-38)39-31-19-8-20-32-39)33-40(34-21-9-3-10-22-34)42(36-25-13-5-14-26-36)37-27-15-6-16-28-37/h3-32,40H,2,33H2,1H3. The Morgan fingerprint density at radius 1 is 0.442 bits per heavy atom. The van der Waals surface area contributed by atoms with Crippen LogP contribution in [-0.2, 0) is 5.16 Å². The summed E-state index contributed by atoms with van der Waals surface area (Å²) in [7, 11) is -1.45. The second-order valence-electron chi connectivity index (χ2n) is 10.9. The van der Waals surface area contributed by atoms with Crippen LogP contribution in [0.25, 0.3) is 0 Å². The molecule has 0 nitrogen and oxygen atoms in total. The van der Waals surface area contributed by atoms with Crippen molar-refractivity contribution in [3.05, 3.63) is 193 Å². The van der Waals surface area contributed by atoms with E-state index in [1.165, 1.54) is 32.3 Å². The lowest BCUT2D eigenvalue weighted by Gasteiger charge is -2.46. The van der Waals surface area contributed by atoms with Gasteiger partial charge < -0.3 is 0 Å². The molecule has 0 N–H and O–H groups in total. The Bertz CT molecular complexity index is 1580. The zero-order chi connectivity index (χ0) is 29.3. The van der Waals surface area contributed by atoms with Crippen LogP contribution < -0.4 is 21.2 Å². The average molecular weight is 593 g/mol. The summed E-state index contributed by atoms with van der Waals surface area (Å²) >= 11 is 0. The Morgan fingerprint density at radius 3 is 1.19 bits per heavy atom. The summed E-state index contributed by atoms with van der Waals surface area (Å²) in [5.74, 6) is 0. The number of rotatable bonds is 11. The van der Waals surface area contributed by atoms with Gasteiger partial charge in [-0.15, -0.1) is 0 Å². The van der Waals surface area contributed by atoms with Crippen LogP contribution >= 0.6 is 15.8 Å². The second kappa shape index (κ2) is 14.1. The van der Waals surface area contributed by atoms with Crippen molar-refractivity contribution >= 4 is 37.1 Å². The Hall–Kier alpha value is -3.82. The van der Waals surface area contributed by atoms with Crippen molar-refractivity contribution in [2.24, 2.45) is 0 Å². The van der Waals surface area contributed by atoms with E-state index >= 15 is 0 Å². The van der Waals surface area contributed by atoms with Gasteiger partial charge in [0.15, 0.2) is 0 Å². The Kier molecular flexibility index (Phi) is 9.60. The molecule has 0 aliphatic rings. The largest absolute Gasteiger partial charge is 0.0642 e. The van der Waals surface area contributed by atoms with E-state index in [1.54, 1.807) is 0 Å². The molecule has 2 unspecified atom stereocenters. The van der Waals surface area contributed by atoms with Crippen LogP contribution in [-0.4, -0.2) is 0 Å². The lowest BCUT2D eigenvalue weighted by molar-refractivity contribution is 0.534. The molecule has 0 radical (unpaired) electrons. The maximum absolute atomic E-state index is 2.42. The molecule has 0 saturated heterocycles. The van der Waals surface area contributed by atoms with Crippen molar-refractivity contribution in [1.82, 2.24) is 0 Å². The van der Waals surface area contributed by atoms with E-state index < -0.39 is 15.8 Å². The van der Waals surface area contributed by atoms with Crippen molar-refractivity contribution in [1.29, 1.82) is 0 Å². The van der Waals surface area contributed by atoms with Crippen molar-refractivity contribution in [3.63, 3.8) is 0 Å². The maximum atomic E-state index is 2.42. The van der Waals surface area contributed by atoms with Gasteiger partial charge in [0, 0.05) is 10.8 Å². The third kappa shape index (κ3) is 6.43. The second-order valence-corrected chi connectivity index (χ2v) is 15.9. The van der Waals surface area contributed by atoms with Crippen LogP contribution in [0.3, 0.4) is 0 Å². The van der Waals surface area contributed by atoms with Crippen LogP contribution in [0.15, 0.2) is 182 Å². The third-order valence-electron chi connectivity index (χ3n) is 8.45. The van der Waals surface area contributed by atoms with Gasteiger partial charge in [-0.2, -0.15) is 0 Å². The van der Waals surface area contributed by atoms with Crippen LogP contribution in [0.4, 0.5) is 0 Å². The summed E-state index contributed by atoms with van der Waals surface area (Å²) in [5, 5.41) is 5.64. The van der Waals surface area contributed by atoms with Crippen molar-refractivity contribution in [2.75, 3.05) is 0 Å². The molecule has 0 aliphatic carbocycles. The van der Waals surface area contributed by atoms with Gasteiger partial charge in [-0.1, -0.05) is 189 Å². The van der Waals surface area contributed by atoms with E-state index in [0.29, 0.717) is 5.66 Å². The third-order valence-corrected chi connectivity index (χ3v) is 14.5. The first-order valence-corrected chi connectivity index (χ1v) is 18.0. The van der Waals surface area contributed by atoms with E-state index in [2.05, 4.69) is 189 Å². The quantitative estimate of drug-likeness (QED) is 0.131.